The van der Waals surface area contributed by atoms with E-state index in [2.05, 4.69) is 27.3 Å². The van der Waals surface area contributed by atoms with Crippen LogP contribution < -0.4 is 26.0 Å². The number of fused-ring (bicyclic) bond motifs is 17. The topological polar surface area (TPSA) is 187 Å². The Balaban J connectivity index is 1.34. The van der Waals surface area contributed by atoms with Crippen LogP contribution in [0.1, 0.15) is 33.6 Å². The molecule has 290 valence electrons. The maximum absolute atomic E-state index is 14.4. The molecule has 0 unspecified atom stereocenters. The van der Waals surface area contributed by atoms with Gasteiger partial charge in [-0.3, -0.25) is 19.2 Å². The van der Waals surface area contributed by atoms with Crippen molar-refractivity contribution in [3.8, 4) is 22.9 Å². The molecule has 0 fully saturated rings. The van der Waals surface area contributed by atoms with Crippen LogP contribution in [0.3, 0.4) is 0 Å². The van der Waals surface area contributed by atoms with Crippen molar-refractivity contribution in [3.05, 3.63) is 148 Å². The molecule has 12 nitrogen and oxygen atoms in total. The average molecular weight is 784 g/mol. The minimum Gasteiger partial charge on any atom is -0.484 e. The third kappa shape index (κ3) is 11.6. The van der Waals surface area contributed by atoms with Crippen molar-refractivity contribution in [1.82, 2.24) is 21.3 Å². The van der Waals surface area contributed by atoms with E-state index in [4.69, 9.17) is 4.74 Å². The number of amides is 4. The Labute approximate surface area is 333 Å². The van der Waals surface area contributed by atoms with E-state index in [1.165, 1.54) is 11.3 Å². The molecule has 0 radical (unpaired) electrons. The molecule has 2 bridgehead atoms. The molecule has 4 atom stereocenters. The highest BCUT2D eigenvalue weighted by Crippen LogP contribution is 2.21. The van der Waals surface area contributed by atoms with Crippen molar-refractivity contribution in [1.29, 1.82) is 5.26 Å². The van der Waals surface area contributed by atoms with E-state index in [0.717, 1.165) is 21.6 Å². The largest absolute Gasteiger partial charge is 0.484 e. The Morgan fingerprint density at radius 2 is 1.42 bits per heavy atom. The first-order chi connectivity index (χ1) is 27.6. The average Bonchev–Trinajstić information content (AvgIpc) is 3.73. The first-order valence-corrected chi connectivity index (χ1v) is 19.3. The summed E-state index contributed by atoms with van der Waals surface area (Å²) in [5.41, 5.74) is 4.36. The Morgan fingerprint density at radius 1 is 0.702 bits per heavy atom. The zero-order valence-corrected chi connectivity index (χ0v) is 31.7. The molecule has 13 heteroatoms. The molecule has 0 spiro atoms. The van der Waals surface area contributed by atoms with Crippen molar-refractivity contribution < 1.29 is 33.8 Å². The Morgan fingerprint density at radius 3 is 2.12 bits per heavy atom. The van der Waals surface area contributed by atoms with E-state index in [9.17, 15) is 34.3 Å². The van der Waals surface area contributed by atoms with Crippen molar-refractivity contribution in [2.24, 2.45) is 0 Å². The van der Waals surface area contributed by atoms with Gasteiger partial charge in [0.05, 0.1) is 11.6 Å². The van der Waals surface area contributed by atoms with Crippen LogP contribution in [0, 0.1) is 11.3 Å². The van der Waals surface area contributed by atoms with Crippen molar-refractivity contribution >= 4 is 40.9 Å². The van der Waals surface area contributed by atoms with E-state index in [1.807, 2.05) is 72.1 Å². The SMILES string of the molecule is N#Cc1cccc(C[C@H]2CC(=O)N[C@H](C(=O)O)Cc3ccc(cc3)OCC(=O)N[C@@H](Cc3cccs3)C(=O)N[C@H](Cc3ccc(-c4ccccc4)cc3)C(=O)N2)c1. The van der Waals surface area contributed by atoms with Gasteiger partial charge in [-0.2, -0.15) is 5.26 Å². The Bertz CT molecular complexity index is 2220. The summed E-state index contributed by atoms with van der Waals surface area (Å²) in [6.07, 6.45) is 0.00632. The van der Waals surface area contributed by atoms with E-state index < -0.39 is 60.4 Å². The molecule has 0 aliphatic carbocycles. The second kappa shape index (κ2) is 19.2. The predicted octanol–water partition coefficient (Wildman–Crippen LogP) is 4.36. The summed E-state index contributed by atoms with van der Waals surface area (Å²) in [5.74, 6) is -3.28. The van der Waals surface area contributed by atoms with Gasteiger partial charge in [0.25, 0.3) is 5.91 Å². The Kier molecular flexibility index (Phi) is 13.4. The number of hydrogen-bond acceptors (Lipinski definition) is 8. The van der Waals surface area contributed by atoms with Gasteiger partial charge >= 0.3 is 5.97 Å². The number of carbonyl (C=O) groups excluding carboxylic acids is 4. The van der Waals surface area contributed by atoms with Gasteiger partial charge in [-0.05, 0) is 69.9 Å². The zero-order valence-electron chi connectivity index (χ0n) is 30.9. The van der Waals surface area contributed by atoms with Crippen LogP contribution in [0.4, 0.5) is 0 Å². The number of nitriles is 1. The molecule has 0 saturated carbocycles. The molecule has 2 aliphatic rings. The quantitative estimate of drug-likeness (QED) is 0.144. The minimum absolute atomic E-state index is 0.0371. The molecular weight excluding hydrogens is 743 g/mol. The molecule has 5 N–H and O–H groups in total. The van der Waals surface area contributed by atoms with E-state index in [0.29, 0.717) is 22.4 Å². The zero-order chi connectivity index (χ0) is 40.1. The van der Waals surface area contributed by atoms with E-state index in [1.54, 1.807) is 48.5 Å². The molecule has 4 aromatic carbocycles. The van der Waals surface area contributed by atoms with Crippen LogP contribution in [0.5, 0.6) is 5.75 Å². The van der Waals surface area contributed by atoms with Gasteiger partial charge in [-0.1, -0.05) is 84.9 Å². The highest BCUT2D eigenvalue weighted by molar-refractivity contribution is 7.09. The van der Waals surface area contributed by atoms with Crippen molar-refractivity contribution in [3.63, 3.8) is 0 Å². The highest BCUT2D eigenvalue weighted by atomic mass is 32.1. The minimum atomic E-state index is -1.29. The van der Waals surface area contributed by atoms with Crippen LogP contribution in [-0.4, -0.2) is 65.5 Å². The predicted molar refractivity (Wildman–Crippen MR) is 214 cm³/mol. The van der Waals surface area contributed by atoms with Crippen LogP contribution in [0.2, 0.25) is 0 Å². The lowest BCUT2D eigenvalue weighted by atomic mass is 9.98. The number of hydrogen-bond donors (Lipinski definition) is 5. The summed E-state index contributed by atoms with van der Waals surface area (Å²) in [6, 6.07) is 32.0. The van der Waals surface area contributed by atoms with E-state index in [-0.39, 0.29) is 32.1 Å². The maximum Gasteiger partial charge on any atom is 0.326 e. The summed E-state index contributed by atoms with van der Waals surface area (Å²) < 4.78 is 5.69. The van der Waals surface area contributed by atoms with Gasteiger partial charge in [0.2, 0.25) is 17.7 Å². The molecule has 7 rings (SSSR count). The number of benzene rings is 4. The maximum atomic E-state index is 14.4. The van der Waals surface area contributed by atoms with Crippen molar-refractivity contribution in [2.45, 2.75) is 56.3 Å². The van der Waals surface area contributed by atoms with Gasteiger partial charge in [-0.15, -0.1) is 11.3 Å². The van der Waals surface area contributed by atoms with Crippen molar-refractivity contribution in [2.75, 3.05) is 6.61 Å². The number of carboxylic acid groups (broad SMARTS) is 1. The standard InChI is InChI=1S/C44H41N5O7S/c45-26-31-7-4-6-30(20-31)21-34-24-40(50)48-39(44(54)55)23-29-13-17-35(18-14-29)56-27-41(51)47-38(25-36-10-5-19-57-36)43(53)49-37(42(52)46-34)22-28-11-15-33(16-12-28)32-8-2-1-3-9-32/h1-20,34,37-39H,21-25,27H2,(H,46,52)(H,47,51)(H,48,50)(H,49,53)(H,54,55)/t34-,37+,38-,39-/m0/s1. The van der Waals surface area contributed by atoms with Crippen LogP contribution in [-0.2, 0) is 49.7 Å². The molecule has 1 aromatic heterocycles. The first kappa shape index (κ1) is 39.9. The van der Waals surface area contributed by atoms with Crippen LogP contribution in [0.25, 0.3) is 11.1 Å². The third-order valence-corrected chi connectivity index (χ3v) is 10.4. The summed E-state index contributed by atoms with van der Waals surface area (Å²) in [7, 11) is 0. The fraction of sp³-hybridized carbons (Fsp3) is 0.227. The summed E-state index contributed by atoms with van der Waals surface area (Å²) in [6.45, 7) is -0.409. The van der Waals surface area contributed by atoms with Gasteiger partial charge < -0.3 is 31.1 Å². The van der Waals surface area contributed by atoms with Gasteiger partial charge in [0.1, 0.15) is 23.9 Å². The lowest BCUT2D eigenvalue weighted by Crippen LogP contribution is -2.57. The van der Waals surface area contributed by atoms with Gasteiger partial charge in [0.15, 0.2) is 6.61 Å². The number of rotatable bonds is 8. The molecule has 2 aliphatic heterocycles. The lowest BCUT2D eigenvalue weighted by molar-refractivity contribution is -0.142. The molecule has 57 heavy (non-hydrogen) atoms. The van der Waals surface area contributed by atoms with Crippen LogP contribution >= 0.6 is 11.3 Å². The third-order valence-electron chi connectivity index (χ3n) is 9.45. The van der Waals surface area contributed by atoms with Gasteiger partial charge in [0, 0.05) is 36.6 Å². The normalized spacial score (nSPS) is 19.5. The van der Waals surface area contributed by atoms with Gasteiger partial charge in [-0.25, -0.2) is 4.79 Å². The summed E-state index contributed by atoms with van der Waals surface area (Å²) >= 11 is 1.43. The number of carbonyl (C=O) groups is 5. The van der Waals surface area contributed by atoms with E-state index >= 15 is 0 Å². The molecule has 3 heterocycles. The monoisotopic (exact) mass is 783 g/mol. The summed E-state index contributed by atoms with van der Waals surface area (Å²) in [5, 5.41) is 32.6. The fourth-order valence-corrected chi connectivity index (χ4v) is 7.32. The van der Waals surface area contributed by atoms with Crippen LogP contribution in [0.15, 0.2) is 121 Å². The number of thiophene rings is 1. The summed E-state index contributed by atoms with van der Waals surface area (Å²) in [4.78, 5) is 68.4. The fourth-order valence-electron chi connectivity index (χ4n) is 6.57. The molecule has 0 saturated heterocycles. The molecule has 4 amide bonds. The Hall–Kier alpha value is -6.78. The number of nitrogens with one attached hydrogen (secondary N) is 4. The first-order valence-electron chi connectivity index (χ1n) is 18.4. The highest BCUT2D eigenvalue weighted by Gasteiger charge is 2.30. The number of carboxylic acids is 1. The smallest absolute Gasteiger partial charge is 0.326 e. The second-order valence-electron chi connectivity index (χ2n) is 13.8. The second-order valence-corrected chi connectivity index (χ2v) is 14.8. The number of nitrogens with zero attached hydrogens (tertiary/aromatic N) is 1. The molecule has 5 aromatic rings. The lowest BCUT2D eigenvalue weighted by Gasteiger charge is -2.26. The number of ether oxygens (including phenoxy) is 1. The number of aliphatic carboxylic acids is 1. The molecular formula is C44H41N5O7S.